The van der Waals surface area contributed by atoms with Gasteiger partial charge in [0.15, 0.2) is 11.0 Å². The number of rotatable bonds is 9. The van der Waals surface area contributed by atoms with E-state index >= 15 is 0 Å². The van der Waals surface area contributed by atoms with Gasteiger partial charge in [-0.2, -0.15) is 0 Å². The molecule has 34 heavy (non-hydrogen) atoms. The number of anilines is 1. The van der Waals surface area contributed by atoms with E-state index in [2.05, 4.69) is 29.4 Å². The summed E-state index contributed by atoms with van der Waals surface area (Å²) in [7, 11) is 0. The molecule has 0 bridgehead atoms. The minimum atomic E-state index is -0.0828. The molecule has 1 amide bonds. The normalized spacial score (nSPS) is 10.9. The zero-order chi connectivity index (χ0) is 23.9. The lowest BCUT2D eigenvalue weighted by Crippen LogP contribution is -2.16. The molecule has 1 aromatic heterocycles. The third-order valence-corrected chi connectivity index (χ3v) is 6.19. The summed E-state index contributed by atoms with van der Waals surface area (Å²) < 4.78 is 7.56. The monoisotopic (exact) mass is 472 g/mol. The number of benzene rings is 3. The van der Waals surface area contributed by atoms with Crippen LogP contribution in [0.4, 0.5) is 5.69 Å². The predicted molar refractivity (Wildman–Crippen MR) is 138 cm³/mol. The van der Waals surface area contributed by atoms with Crippen LogP contribution in [0.2, 0.25) is 0 Å². The Morgan fingerprint density at radius 2 is 1.68 bits per heavy atom. The number of carbonyl (C=O) groups excluding carboxylic acids is 1. The quantitative estimate of drug-likeness (QED) is 0.294. The highest BCUT2D eigenvalue weighted by molar-refractivity contribution is 7.99. The van der Waals surface area contributed by atoms with E-state index in [1.807, 2.05) is 90.4 Å². The van der Waals surface area contributed by atoms with Crippen LogP contribution in [-0.4, -0.2) is 33.0 Å². The summed E-state index contributed by atoms with van der Waals surface area (Å²) in [4.78, 5) is 12.8. The predicted octanol–water partition coefficient (Wildman–Crippen LogP) is 6.19. The van der Waals surface area contributed by atoms with Gasteiger partial charge in [0.05, 0.1) is 12.4 Å². The van der Waals surface area contributed by atoms with E-state index in [0.717, 1.165) is 34.1 Å². The van der Waals surface area contributed by atoms with Gasteiger partial charge in [0, 0.05) is 16.9 Å². The van der Waals surface area contributed by atoms with Gasteiger partial charge in [-0.3, -0.25) is 9.36 Å². The van der Waals surface area contributed by atoms with Crippen LogP contribution in [0.25, 0.3) is 17.1 Å². The maximum absolute atomic E-state index is 12.8. The summed E-state index contributed by atoms with van der Waals surface area (Å²) in [6.07, 6.45) is 0. The Balaban J connectivity index is 1.58. The van der Waals surface area contributed by atoms with Crippen LogP contribution in [-0.2, 0) is 4.79 Å². The van der Waals surface area contributed by atoms with Gasteiger partial charge in [0.25, 0.3) is 0 Å². The lowest BCUT2D eigenvalue weighted by molar-refractivity contribution is -0.113. The molecule has 174 valence electrons. The molecule has 6 nitrogen and oxygen atoms in total. The number of nitrogens with one attached hydrogen (secondary N) is 1. The van der Waals surface area contributed by atoms with E-state index in [4.69, 9.17) is 4.74 Å². The first-order chi connectivity index (χ1) is 16.6. The molecule has 4 aromatic rings. The molecule has 0 radical (unpaired) electrons. The first-order valence-corrected chi connectivity index (χ1v) is 12.3. The van der Waals surface area contributed by atoms with Crippen molar-refractivity contribution in [2.75, 3.05) is 17.7 Å². The molecule has 4 rings (SSSR count). The minimum absolute atomic E-state index is 0.0828. The molecular formula is C27H28N4O2S. The first kappa shape index (κ1) is 23.6. The maximum atomic E-state index is 12.8. The van der Waals surface area contributed by atoms with E-state index < -0.39 is 0 Å². The van der Waals surface area contributed by atoms with E-state index in [9.17, 15) is 4.79 Å². The Morgan fingerprint density at radius 1 is 0.971 bits per heavy atom. The molecular weight excluding hydrogens is 444 g/mol. The van der Waals surface area contributed by atoms with Crippen molar-refractivity contribution >= 4 is 23.4 Å². The molecule has 7 heteroatoms. The number of hydrogen-bond acceptors (Lipinski definition) is 5. The van der Waals surface area contributed by atoms with Gasteiger partial charge in [-0.15, -0.1) is 10.2 Å². The number of ether oxygens (including phenoxy) is 1. The van der Waals surface area contributed by atoms with Crippen molar-refractivity contribution in [2.45, 2.75) is 31.8 Å². The summed E-state index contributed by atoms with van der Waals surface area (Å²) >= 11 is 1.36. The molecule has 0 unspecified atom stereocenters. The number of para-hydroxylation sites is 1. The van der Waals surface area contributed by atoms with Crippen LogP contribution in [0, 0.1) is 0 Å². The van der Waals surface area contributed by atoms with Crippen LogP contribution >= 0.6 is 11.8 Å². The van der Waals surface area contributed by atoms with E-state index in [1.54, 1.807) is 0 Å². The summed E-state index contributed by atoms with van der Waals surface area (Å²) in [5.41, 5.74) is 3.82. The van der Waals surface area contributed by atoms with Gasteiger partial charge in [0.2, 0.25) is 5.91 Å². The molecule has 0 aliphatic heterocycles. The topological polar surface area (TPSA) is 69.0 Å². The average Bonchev–Trinajstić information content (AvgIpc) is 3.28. The maximum Gasteiger partial charge on any atom is 0.234 e. The van der Waals surface area contributed by atoms with Crippen LogP contribution < -0.4 is 10.1 Å². The van der Waals surface area contributed by atoms with Crippen LogP contribution in [0.1, 0.15) is 32.3 Å². The SMILES string of the molecule is CCOc1ccc(-n2c(SCC(=O)Nc3ccccc3C(C)C)nnc2-c2ccccc2)cc1. The van der Waals surface area contributed by atoms with Crippen molar-refractivity contribution in [1.82, 2.24) is 14.8 Å². The van der Waals surface area contributed by atoms with Crippen LogP contribution in [0.15, 0.2) is 84.0 Å². The molecule has 3 aromatic carbocycles. The molecule has 0 fully saturated rings. The standard InChI is InChI=1S/C27H28N4O2S/c1-4-33-22-16-14-21(15-17-22)31-26(20-10-6-5-7-11-20)29-30-27(31)34-18-25(32)28-24-13-9-8-12-23(24)19(2)3/h5-17,19H,4,18H2,1-3H3,(H,28,32). The number of thioether (sulfide) groups is 1. The van der Waals surface area contributed by atoms with Crippen molar-refractivity contribution in [3.05, 3.63) is 84.4 Å². The van der Waals surface area contributed by atoms with Crippen LogP contribution in [0.5, 0.6) is 5.75 Å². The second-order valence-corrected chi connectivity index (χ2v) is 8.96. The van der Waals surface area contributed by atoms with Crippen molar-refractivity contribution in [3.8, 4) is 22.8 Å². The molecule has 0 saturated heterocycles. The second kappa shape index (κ2) is 11.0. The zero-order valence-electron chi connectivity index (χ0n) is 19.6. The molecule has 1 heterocycles. The molecule has 0 atom stereocenters. The molecule has 1 N–H and O–H groups in total. The van der Waals surface area contributed by atoms with Gasteiger partial charge in [0.1, 0.15) is 5.75 Å². The number of hydrogen-bond donors (Lipinski definition) is 1. The first-order valence-electron chi connectivity index (χ1n) is 11.3. The van der Waals surface area contributed by atoms with E-state index in [-0.39, 0.29) is 11.7 Å². The van der Waals surface area contributed by atoms with Gasteiger partial charge < -0.3 is 10.1 Å². The molecule has 0 aliphatic rings. The summed E-state index contributed by atoms with van der Waals surface area (Å²) in [6, 6.07) is 25.6. The Morgan fingerprint density at radius 3 is 2.38 bits per heavy atom. The summed E-state index contributed by atoms with van der Waals surface area (Å²) in [6.45, 7) is 6.80. The number of amides is 1. The Kier molecular flexibility index (Phi) is 7.65. The van der Waals surface area contributed by atoms with Gasteiger partial charge in [-0.05, 0) is 48.7 Å². The summed E-state index contributed by atoms with van der Waals surface area (Å²) in [5, 5.41) is 12.6. The van der Waals surface area contributed by atoms with E-state index in [0.29, 0.717) is 17.7 Å². The third kappa shape index (κ3) is 5.48. The number of nitrogens with zero attached hydrogens (tertiary/aromatic N) is 3. The highest BCUT2D eigenvalue weighted by atomic mass is 32.2. The summed E-state index contributed by atoms with van der Waals surface area (Å²) in [5.74, 6) is 1.98. The van der Waals surface area contributed by atoms with Crippen molar-refractivity contribution in [2.24, 2.45) is 0 Å². The largest absolute Gasteiger partial charge is 0.494 e. The zero-order valence-corrected chi connectivity index (χ0v) is 20.4. The Labute approximate surface area is 204 Å². The molecule has 0 spiro atoms. The lowest BCUT2D eigenvalue weighted by atomic mass is 10.0. The van der Waals surface area contributed by atoms with Gasteiger partial charge in [-0.25, -0.2) is 0 Å². The van der Waals surface area contributed by atoms with Crippen LogP contribution in [0.3, 0.4) is 0 Å². The Hall–Kier alpha value is -3.58. The highest BCUT2D eigenvalue weighted by Gasteiger charge is 2.18. The lowest BCUT2D eigenvalue weighted by Gasteiger charge is -2.14. The van der Waals surface area contributed by atoms with Gasteiger partial charge in [-0.1, -0.05) is 74.1 Å². The highest BCUT2D eigenvalue weighted by Crippen LogP contribution is 2.29. The van der Waals surface area contributed by atoms with Crippen molar-refractivity contribution < 1.29 is 9.53 Å². The number of carbonyl (C=O) groups is 1. The smallest absolute Gasteiger partial charge is 0.234 e. The van der Waals surface area contributed by atoms with Gasteiger partial charge >= 0.3 is 0 Å². The Bertz CT molecular complexity index is 1240. The van der Waals surface area contributed by atoms with E-state index in [1.165, 1.54) is 11.8 Å². The molecule has 0 aliphatic carbocycles. The fourth-order valence-corrected chi connectivity index (χ4v) is 4.41. The van der Waals surface area contributed by atoms with Crippen molar-refractivity contribution in [1.29, 1.82) is 0 Å². The van der Waals surface area contributed by atoms with Crippen molar-refractivity contribution in [3.63, 3.8) is 0 Å². The fourth-order valence-electron chi connectivity index (χ4n) is 3.66. The third-order valence-electron chi connectivity index (χ3n) is 5.26. The molecule has 0 saturated carbocycles. The average molecular weight is 473 g/mol. The fraction of sp³-hybridized carbons (Fsp3) is 0.222. The minimum Gasteiger partial charge on any atom is -0.494 e. The second-order valence-electron chi connectivity index (χ2n) is 8.01. The number of aromatic nitrogens is 3.